The van der Waals surface area contributed by atoms with E-state index in [9.17, 15) is 29.0 Å². The molecule has 0 aliphatic heterocycles. The molecule has 0 radical (unpaired) electrons. The van der Waals surface area contributed by atoms with E-state index in [0.29, 0.717) is 18.7 Å². The van der Waals surface area contributed by atoms with Crippen LogP contribution in [0.5, 0.6) is 11.5 Å². The van der Waals surface area contributed by atoms with E-state index >= 15 is 0 Å². The predicted molar refractivity (Wildman–Crippen MR) is 199 cm³/mol. The number of hydrogen-bond acceptors (Lipinski definition) is 5. The molecular weight excluding hydrogens is 657 g/mol. The van der Waals surface area contributed by atoms with Gasteiger partial charge in [0.05, 0.1) is 10.8 Å². The molecule has 278 valence electrons. The van der Waals surface area contributed by atoms with Crippen LogP contribution in [0.3, 0.4) is 0 Å². The van der Waals surface area contributed by atoms with Gasteiger partial charge in [-0.05, 0) is 152 Å². The van der Waals surface area contributed by atoms with E-state index in [4.69, 9.17) is 4.74 Å². The van der Waals surface area contributed by atoms with Crippen LogP contribution in [-0.4, -0.2) is 34.6 Å². The number of fused-ring (bicyclic) bond motifs is 6. The van der Waals surface area contributed by atoms with Gasteiger partial charge in [0.2, 0.25) is 5.91 Å². The number of carboxylic acids is 1. The van der Waals surface area contributed by atoms with Gasteiger partial charge in [-0.2, -0.15) is 0 Å². The number of aryl methyl sites for hydroxylation is 2. The van der Waals surface area contributed by atoms with Gasteiger partial charge in [-0.15, -0.1) is 0 Å². The first-order valence-corrected chi connectivity index (χ1v) is 19.0. The molecule has 7 rings (SSSR count). The van der Waals surface area contributed by atoms with Crippen LogP contribution >= 0.6 is 0 Å². The molecule has 52 heavy (non-hydrogen) atoms. The Morgan fingerprint density at radius 2 is 1.35 bits per heavy atom. The van der Waals surface area contributed by atoms with Crippen LogP contribution < -0.4 is 10.1 Å². The number of aromatic hydroxyl groups is 1. The minimum absolute atomic E-state index is 0.107. The van der Waals surface area contributed by atoms with E-state index in [2.05, 4.69) is 32.2 Å². The van der Waals surface area contributed by atoms with Crippen molar-refractivity contribution in [3.8, 4) is 11.5 Å². The largest absolute Gasteiger partial charge is 0.508 e. The summed E-state index contributed by atoms with van der Waals surface area (Å²) in [5.74, 6) is 0.0948. The number of rotatable bonds is 6. The number of hydrogen-bond donors (Lipinski definition) is 3. The van der Waals surface area contributed by atoms with Gasteiger partial charge < -0.3 is 20.3 Å². The summed E-state index contributed by atoms with van der Waals surface area (Å²) in [4.78, 5) is 36.7. The van der Waals surface area contributed by atoms with Gasteiger partial charge in [0, 0.05) is 13.5 Å². The van der Waals surface area contributed by atoms with Crippen molar-refractivity contribution in [3.05, 3.63) is 94.3 Å². The molecule has 7 nitrogen and oxygen atoms in total. The summed E-state index contributed by atoms with van der Waals surface area (Å²) in [6, 6.07) is 18.0. The van der Waals surface area contributed by atoms with Gasteiger partial charge in [-0.1, -0.05) is 57.9 Å². The van der Waals surface area contributed by atoms with E-state index in [1.165, 1.54) is 41.3 Å². The Balaban J connectivity index is 0.000000198. The molecule has 3 aromatic carbocycles. The standard InChI is InChI=1S/C27H32FNO3.C17H22O3/c1-18(30)32-22-11-7-20-8-12-24-26(2,23(20)17-22)14-4-15-27(24,3)25(31)29-16-13-19-5-9-21(28)10-6-19;1-16-8-3-9-17(2,15(19)20)14(16)7-5-11-4-6-12(18)10-13(11)16/h5-7,9-11,17,24H,4,8,12-16H2,1-3H3,(H,29,31);4,6,10,14,18H,3,5,7-9H2,1-2H3,(H,19,20)/t24-,26-,27+;14-,16-,17+/m11/s1. The topological polar surface area (TPSA) is 113 Å². The number of carbonyl (C=O) groups is 3. The molecule has 0 heterocycles. The maximum Gasteiger partial charge on any atom is 0.309 e. The van der Waals surface area contributed by atoms with Gasteiger partial charge in [-0.25, -0.2) is 4.39 Å². The monoisotopic (exact) mass is 711 g/mol. The van der Waals surface area contributed by atoms with Crippen molar-refractivity contribution < 1.29 is 33.7 Å². The van der Waals surface area contributed by atoms with Crippen LogP contribution in [0.2, 0.25) is 0 Å². The second-order valence-corrected chi connectivity index (χ2v) is 16.8. The third kappa shape index (κ3) is 6.85. The number of halogens is 1. The number of carboxylic acid groups (broad SMARTS) is 1. The minimum Gasteiger partial charge on any atom is -0.508 e. The molecule has 0 unspecified atom stereocenters. The molecule has 8 heteroatoms. The minimum atomic E-state index is -0.669. The number of amides is 1. The van der Waals surface area contributed by atoms with Crippen molar-refractivity contribution in [3.63, 3.8) is 0 Å². The van der Waals surface area contributed by atoms with Gasteiger partial charge >= 0.3 is 11.9 Å². The second-order valence-electron chi connectivity index (χ2n) is 16.8. The van der Waals surface area contributed by atoms with E-state index in [0.717, 1.165) is 69.8 Å². The van der Waals surface area contributed by atoms with Crippen LogP contribution in [-0.2, 0) is 44.5 Å². The smallest absolute Gasteiger partial charge is 0.309 e. The molecule has 3 aromatic rings. The van der Waals surface area contributed by atoms with Crippen molar-refractivity contribution in [1.29, 1.82) is 0 Å². The van der Waals surface area contributed by atoms with Crippen molar-refractivity contribution in [2.24, 2.45) is 22.7 Å². The number of nitrogens with one attached hydrogen (secondary N) is 1. The number of ether oxygens (including phenoxy) is 1. The first kappa shape index (κ1) is 37.6. The highest BCUT2D eigenvalue weighted by Gasteiger charge is 2.56. The lowest BCUT2D eigenvalue weighted by Crippen LogP contribution is -2.55. The lowest BCUT2D eigenvalue weighted by Gasteiger charge is -2.54. The van der Waals surface area contributed by atoms with E-state index in [1.54, 1.807) is 18.2 Å². The number of aliphatic carboxylic acids is 1. The van der Waals surface area contributed by atoms with E-state index < -0.39 is 16.8 Å². The van der Waals surface area contributed by atoms with E-state index in [-0.39, 0.29) is 46.1 Å². The number of benzene rings is 3. The van der Waals surface area contributed by atoms with Crippen molar-refractivity contribution in [2.45, 2.75) is 116 Å². The summed E-state index contributed by atoms with van der Waals surface area (Å²) >= 11 is 0. The Morgan fingerprint density at radius 1 is 0.788 bits per heavy atom. The van der Waals surface area contributed by atoms with Crippen LogP contribution in [0, 0.1) is 28.5 Å². The Hall–Kier alpha value is -4.20. The Kier molecular flexibility index (Phi) is 10.3. The fraction of sp³-hybridized carbons (Fsp3) is 0.523. The molecule has 0 bridgehead atoms. The summed E-state index contributed by atoms with van der Waals surface area (Å²) in [7, 11) is 0. The Labute approximate surface area is 307 Å². The predicted octanol–water partition coefficient (Wildman–Crippen LogP) is 8.61. The lowest BCUT2D eigenvalue weighted by atomic mass is 9.49. The molecule has 4 aliphatic rings. The molecule has 3 N–H and O–H groups in total. The molecule has 0 saturated heterocycles. The molecular formula is C44H54FNO6. The number of esters is 1. The zero-order valence-corrected chi connectivity index (χ0v) is 31.3. The van der Waals surface area contributed by atoms with Crippen molar-refractivity contribution in [2.75, 3.05) is 6.54 Å². The van der Waals surface area contributed by atoms with Crippen LogP contribution in [0.1, 0.15) is 114 Å². The Morgan fingerprint density at radius 3 is 1.94 bits per heavy atom. The highest BCUT2D eigenvalue weighted by atomic mass is 19.1. The highest BCUT2D eigenvalue weighted by molar-refractivity contribution is 5.83. The SMILES string of the molecule is CC(=O)Oc1ccc2c(c1)[C@@]1(C)CCC[C@](C)(C(=O)NCCc3ccc(F)cc3)[C@@H]1CC2.C[C@]1(C(=O)O)CCC[C@]2(C)c3cc(O)ccc3CC[C@@H]12. The number of phenolic OH excluding ortho intramolecular Hbond substituents is 1. The lowest BCUT2D eigenvalue weighted by molar-refractivity contribution is -0.157. The average molecular weight is 712 g/mol. The van der Waals surface area contributed by atoms with Gasteiger partial charge in [0.15, 0.2) is 0 Å². The second kappa shape index (κ2) is 14.3. The summed E-state index contributed by atoms with van der Waals surface area (Å²) in [5.41, 5.74) is 4.61. The summed E-state index contributed by atoms with van der Waals surface area (Å²) < 4.78 is 18.5. The third-order valence-corrected chi connectivity index (χ3v) is 13.6. The molecule has 2 saturated carbocycles. The first-order chi connectivity index (χ1) is 24.6. The summed E-state index contributed by atoms with van der Waals surface area (Å²) in [6.45, 7) is 10.4. The van der Waals surface area contributed by atoms with Gasteiger partial charge in [0.1, 0.15) is 17.3 Å². The zero-order chi connectivity index (χ0) is 37.5. The van der Waals surface area contributed by atoms with Gasteiger partial charge in [-0.3, -0.25) is 14.4 Å². The van der Waals surface area contributed by atoms with Crippen LogP contribution in [0.4, 0.5) is 4.39 Å². The molecule has 2 fully saturated rings. The normalized spacial score (nSPS) is 30.2. The maximum atomic E-state index is 13.4. The molecule has 6 atom stereocenters. The molecule has 0 aromatic heterocycles. The fourth-order valence-electron chi connectivity index (χ4n) is 10.8. The maximum absolute atomic E-state index is 13.4. The van der Waals surface area contributed by atoms with Crippen molar-refractivity contribution >= 4 is 17.8 Å². The van der Waals surface area contributed by atoms with Crippen LogP contribution in [0.25, 0.3) is 0 Å². The van der Waals surface area contributed by atoms with Crippen molar-refractivity contribution in [1.82, 2.24) is 5.32 Å². The highest BCUT2D eigenvalue weighted by Crippen LogP contribution is 2.59. The van der Waals surface area contributed by atoms with Gasteiger partial charge in [0.25, 0.3) is 0 Å². The number of carbonyl (C=O) groups excluding carboxylic acids is 2. The molecule has 4 aliphatic carbocycles. The third-order valence-electron chi connectivity index (χ3n) is 13.6. The molecule has 1 amide bonds. The fourth-order valence-corrected chi connectivity index (χ4v) is 10.8. The molecule has 0 spiro atoms. The zero-order valence-electron chi connectivity index (χ0n) is 31.3. The summed E-state index contributed by atoms with van der Waals surface area (Å²) in [5, 5.41) is 22.7. The quantitative estimate of drug-likeness (QED) is 0.174. The van der Waals surface area contributed by atoms with Crippen LogP contribution in [0.15, 0.2) is 60.7 Å². The Bertz CT molecular complexity index is 1840. The van der Waals surface area contributed by atoms with E-state index in [1.807, 2.05) is 31.2 Å². The first-order valence-electron chi connectivity index (χ1n) is 19.0. The summed E-state index contributed by atoms with van der Waals surface area (Å²) in [6.07, 6.45) is 9.99. The number of phenols is 1. The average Bonchev–Trinajstić information content (AvgIpc) is 3.09.